The third-order valence-corrected chi connectivity index (χ3v) is 1.43. The third kappa shape index (κ3) is 5.09. The molecule has 4 nitrogen and oxygen atoms in total. The molecule has 2 unspecified atom stereocenters. The first-order chi connectivity index (χ1) is 5.07. The van der Waals surface area contributed by atoms with Gasteiger partial charge in [0.1, 0.15) is 18.8 Å². The van der Waals surface area contributed by atoms with Crippen molar-refractivity contribution >= 4 is 17.3 Å². The summed E-state index contributed by atoms with van der Waals surface area (Å²) < 4.78 is 4.73. The summed E-state index contributed by atoms with van der Waals surface area (Å²) in [5.41, 5.74) is 0. The average Bonchev–Trinajstić information content (AvgIpc) is 1.99. The molecule has 2 atom stereocenters. The summed E-state index contributed by atoms with van der Waals surface area (Å²) >= 11 is 4.58. The summed E-state index contributed by atoms with van der Waals surface area (Å²) in [5, 5.41) is 25.9. The Kier molecular flexibility index (Phi) is 5.31. The molecule has 0 saturated heterocycles. The Hall–Kier alpha value is -0.230. The maximum Gasteiger partial charge on any atom is 0.188 e. The standard InChI is InChI=1S/C6H12O4S/c1-4(8)6(11)10-3-5(9)2-7/h4-5,7-9H,2-3H2,1H3. The molecule has 0 bridgehead atoms. The Morgan fingerprint density at radius 3 is 2.45 bits per heavy atom. The molecule has 0 saturated carbocycles. The van der Waals surface area contributed by atoms with E-state index in [0.717, 1.165) is 0 Å². The van der Waals surface area contributed by atoms with Crippen LogP contribution in [0.5, 0.6) is 0 Å². The van der Waals surface area contributed by atoms with Gasteiger partial charge in [0, 0.05) is 0 Å². The maximum atomic E-state index is 8.80. The van der Waals surface area contributed by atoms with Gasteiger partial charge in [-0.3, -0.25) is 0 Å². The Labute approximate surface area is 70.4 Å². The van der Waals surface area contributed by atoms with E-state index < -0.39 is 12.2 Å². The van der Waals surface area contributed by atoms with Crippen LogP contribution in [0.4, 0.5) is 0 Å². The fourth-order valence-electron chi connectivity index (χ4n) is 0.352. The Morgan fingerprint density at radius 1 is 1.55 bits per heavy atom. The zero-order valence-corrected chi connectivity index (χ0v) is 7.04. The van der Waals surface area contributed by atoms with E-state index in [4.69, 9.17) is 20.1 Å². The van der Waals surface area contributed by atoms with Crippen molar-refractivity contribution in [3.8, 4) is 0 Å². The predicted octanol–water partition coefficient (Wildman–Crippen LogP) is -0.936. The molecule has 0 aliphatic rings. The van der Waals surface area contributed by atoms with Crippen molar-refractivity contribution in [2.45, 2.75) is 19.1 Å². The summed E-state index contributed by atoms with van der Waals surface area (Å²) in [6.07, 6.45) is -1.76. The highest BCUT2D eigenvalue weighted by molar-refractivity contribution is 7.80. The second-order valence-electron chi connectivity index (χ2n) is 2.14. The SMILES string of the molecule is CC(O)C(=S)OCC(O)CO. The molecule has 0 heterocycles. The van der Waals surface area contributed by atoms with Gasteiger partial charge in [0.05, 0.1) is 6.61 Å². The minimum atomic E-state index is -0.938. The van der Waals surface area contributed by atoms with Gasteiger partial charge in [-0.15, -0.1) is 0 Å². The lowest BCUT2D eigenvalue weighted by atomic mass is 10.4. The zero-order chi connectivity index (χ0) is 8.85. The van der Waals surface area contributed by atoms with Gasteiger partial charge in [-0.05, 0) is 19.1 Å². The lowest BCUT2D eigenvalue weighted by Gasteiger charge is -2.11. The monoisotopic (exact) mass is 180 g/mol. The van der Waals surface area contributed by atoms with Crippen molar-refractivity contribution in [2.75, 3.05) is 13.2 Å². The second-order valence-corrected chi connectivity index (χ2v) is 2.54. The first-order valence-corrected chi connectivity index (χ1v) is 3.62. The lowest BCUT2D eigenvalue weighted by Crippen LogP contribution is -2.25. The molecule has 0 aromatic carbocycles. The molecular weight excluding hydrogens is 168 g/mol. The van der Waals surface area contributed by atoms with Crippen LogP contribution in [0.15, 0.2) is 0 Å². The zero-order valence-electron chi connectivity index (χ0n) is 6.23. The van der Waals surface area contributed by atoms with Crippen molar-refractivity contribution in [1.29, 1.82) is 0 Å². The van der Waals surface area contributed by atoms with E-state index in [0.29, 0.717) is 0 Å². The fourth-order valence-corrected chi connectivity index (χ4v) is 0.420. The predicted molar refractivity (Wildman–Crippen MR) is 43.3 cm³/mol. The average molecular weight is 180 g/mol. The molecule has 0 aliphatic heterocycles. The van der Waals surface area contributed by atoms with Gasteiger partial charge in [0.15, 0.2) is 5.05 Å². The smallest absolute Gasteiger partial charge is 0.188 e. The highest BCUT2D eigenvalue weighted by atomic mass is 32.1. The molecule has 5 heteroatoms. The molecule has 0 rings (SSSR count). The first kappa shape index (κ1) is 10.8. The molecule has 0 aromatic heterocycles. The van der Waals surface area contributed by atoms with Gasteiger partial charge in [0.25, 0.3) is 0 Å². The number of aliphatic hydroxyl groups excluding tert-OH is 3. The maximum absolute atomic E-state index is 8.80. The fraction of sp³-hybridized carbons (Fsp3) is 0.833. The summed E-state index contributed by atoms with van der Waals surface area (Å²) in [6, 6.07) is 0. The van der Waals surface area contributed by atoms with E-state index in [1.165, 1.54) is 6.92 Å². The number of hydrogen-bond donors (Lipinski definition) is 3. The van der Waals surface area contributed by atoms with Gasteiger partial charge in [-0.1, -0.05) is 0 Å². The van der Waals surface area contributed by atoms with Crippen molar-refractivity contribution < 1.29 is 20.1 Å². The van der Waals surface area contributed by atoms with Gasteiger partial charge in [-0.25, -0.2) is 0 Å². The van der Waals surface area contributed by atoms with Gasteiger partial charge in [-0.2, -0.15) is 0 Å². The quantitative estimate of drug-likeness (QED) is 0.487. The molecule has 3 N–H and O–H groups in total. The number of ether oxygens (including phenoxy) is 1. The van der Waals surface area contributed by atoms with E-state index in [1.807, 2.05) is 0 Å². The molecule has 11 heavy (non-hydrogen) atoms. The van der Waals surface area contributed by atoms with Crippen molar-refractivity contribution in [3.05, 3.63) is 0 Å². The largest absolute Gasteiger partial charge is 0.482 e. The van der Waals surface area contributed by atoms with Crippen LogP contribution in [0.1, 0.15) is 6.92 Å². The molecular formula is C6H12O4S. The number of hydrogen-bond acceptors (Lipinski definition) is 5. The minimum Gasteiger partial charge on any atom is -0.482 e. The van der Waals surface area contributed by atoms with Crippen LogP contribution in [0.2, 0.25) is 0 Å². The molecule has 0 aromatic rings. The Morgan fingerprint density at radius 2 is 2.09 bits per heavy atom. The van der Waals surface area contributed by atoms with Crippen LogP contribution >= 0.6 is 12.2 Å². The van der Waals surface area contributed by atoms with Crippen LogP contribution in [-0.4, -0.2) is 45.8 Å². The number of thiocarbonyl (C=S) groups is 1. The van der Waals surface area contributed by atoms with E-state index in [1.54, 1.807) is 0 Å². The molecule has 0 radical (unpaired) electrons. The van der Waals surface area contributed by atoms with Gasteiger partial charge >= 0.3 is 0 Å². The van der Waals surface area contributed by atoms with E-state index in [-0.39, 0.29) is 18.3 Å². The van der Waals surface area contributed by atoms with Crippen LogP contribution < -0.4 is 0 Å². The van der Waals surface area contributed by atoms with Gasteiger partial charge < -0.3 is 20.1 Å². The minimum absolute atomic E-state index is 0.0255. The van der Waals surface area contributed by atoms with E-state index in [2.05, 4.69) is 12.2 Å². The molecule has 0 amide bonds. The lowest BCUT2D eigenvalue weighted by molar-refractivity contribution is 0.0457. The summed E-state index contributed by atoms with van der Waals surface area (Å²) in [5.74, 6) is 0. The van der Waals surface area contributed by atoms with Crippen LogP contribution in [0.25, 0.3) is 0 Å². The van der Waals surface area contributed by atoms with Crippen molar-refractivity contribution in [1.82, 2.24) is 0 Å². The normalized spacial score (nSPS) is 15.6. The molecule has 0 spiro atoms. The van der Waals surface area contributed by atoms with Crippen LogP contribution in [0.3, 0.4) is 0 Å². The van der Waals surface area contributed by atoms with Crippen molar-refractivity contribution in [3.63, 3.8) is 0 Å². The molecule has 66 valence electrons. The second kappa shape index (κ2) is 5.42. The first-order valence-electron chi connectivity index (χ1n) is 3.21. The summed E-state index contributed by atoms with van der Waals surface area (Å²) in [4.78, 5) is 0. The van der Waals surface area contributed by atoms with E-state index >= 15 is 0 Å². The molecule has 0 fully saturated rings. The third-order valence-electron chi connectivity index (χ3n) is 0.970. The van der Waals surface area contributed by atoms with Gasteiger partial charge in [0.2, 0.25) is 0 Å². The summed E-state index contributed by atoms with van der Waals surface area (Å²) in [7, 11) is 0. The Bertz CT molecular complexity index is 126. The highest BCUT2D eigenvalue weighted by Crippen LogP contribution is 1.92. The number of rotatable bonds is 4. The van der Waals surface area contributed by atoms with Crippen LogP contribution in [-0.2, 0) is 4.74 Å². The number of aliphatic hydroxyl groups is 3. The van der Waals surface area contributed by atoms with Crippen LogP contribution in [0, 0.1) is 0 Å². The highest BCUT2D eigenvalue weighted by Gasteiger charge is 2.08. The topological polar surface area (TPSA) is 69.9 Å². The Balaban J connectivity index is 3.46. The summed E-state index contributed by atoms with van der Waals surface area (Å²) in [6.45, 7) is 1.01. The molecule has 0 aliphatic carbocycles. The van der Waals surface area contributed by atoms with Crippen molar-refractivity contribution in [2.24, 2.45) is 0 Å². The van der Waals surface area contributed by atoms with E-state index in [9.17, 15) is 0 Å².